The number of carbonyl (C=O) groups is 11. The molecule has 0 radical (unpaired) electrons. The second-order valence-electron chi connectivity index (χ2n) is 21.9. The van der Waals surface area contributed by atoms with Gasteiger partial charge in [-0.2, -0.15) is 0 Å². The predicted molar refractivity (Wildman–Crippen MR) is 301 cm³/mol. The van der Waals surface area contributed by atoms with Crippen molar-refractivity contribution in [3.8, 4) is 0 Å². The van der Waals surface area contributed by atoms with E-state index in [2.05, 4.69) is 72.3 Å². The lowest BCUT2D eigenvalue weighted by molar-refractivity contribution is -0.137. The molecule has 11 amide bonds. The Hall–Kier alpha value is -6.11. The molecule has 0 spiro atoms. The minimum Gasteiger partial charge on any atom is -0.391 e. The Morgan fingerprint density at radius 3 is 1.35 bits per heavy atom. The van der Waals surface area contributed by atoms with Gasteiger partial charge in [-0.15, -0.1) is 0 Å². The van der Waals surface area contributed by atoms with Gasteiger partial charge in [0.1, 0.15) is 60.4 Å². The Labute approximate surface area is 475 Å². The van der Waals surface area contributed by atoms with E-state index in [0.717, 1.165) is 12.8 Å². The van der Waals surface area contributed by atoms with Gasteiger partial charge in [0.05, 0.1) is 12.2 Å². The maximum absolute atomic E-state index is 14.4. The van der Waals surface area contributed by atoms with E-state index in [0.29, 0.717) is 12.3 Å². The van der Waals surface area contributed by atoms with Crippen LogP contribution in [0.15, 0.2) is 0 Å². The molecule has 0 aromatic rings. The van der Waals surface area contributed by atoms with E-state index in [1.807, 2.05) is 0 Å². The Bertz CT molecular complexity index is 2050. The van der Waals surface area contributed by atoms with Crippen LogP contribution in [0.4, 0.5) is 0 Å². The molecule has 1 saturated heterocycles. The van der Waals surface area contributed by atoms with Gasteiger partial charge in [0.2, 0.25) is 65.0 Å². The largest absolute Gasteiger partial charge is 0.391 e. The van der Waals surface area contributed by atoms with E-state index < -0.39 is 151 Å². The van der Waals surface area contributed by atoms with Crippen LogP contribution in [-0.2, 0) is 52.7 Å². The van der Waals surface area contributed by atoms with Crippen molar-refractivity contribution >= 4 is 65.0 Å². The fourth-order valence-corrected chi connectivity index (χ4v) is 8.62. The van der Waals surface area contributed by atoms with Gasteiger partial charge in [-0.05, 0) is 122 Å². The summed E-state index contributed by atoms with van der Waals surface area (Å²) >= 11 is 0. The van der Waals surface area contributed by atoms with Crippen LogP contribution in [-0.4, -0.2) is 187 Å². The smallest absolute Gasteiger partial charge is 0.245 e. The van der Waals surface area contributed by atoms with Gasteiger partial charge in [-0.1, -0.05) is 54.4 Å². The van der Waals surface area contributed by atoms with Gasteiger partial charge in [-0.3, -0.25) is 52.7 Å². The highest BCUT2D eigenvalue weighted by Gasteiger charge is 2.37. The van der Waals surface area contributed by atoms with Crippen LogP contribution in [0.25, 0.3) is 0 Å². The first-order valence-electron chi connectivity index (χ1n) is 28.3. The number of nitrogens with one attached hydrogen (secondary N) is 11. The molecular formula is C52H98N16O13. The summed E-state index contributed by atoms with van der Waals surface area (Å²) in [6, 6.07) is -14.5. The van der Waals surface area contributed by atoms with Crippen molar-refractivity contribution < 1.29 is 63.0 Å². The van der Waals surface area contributed by atoms with Crippen molar-refractivity contribution in [1.82, 2.24) is 58.5 Å². The van der Waals surface area contributed by atoms with E-state index in [4.69, 9.17) is 28.7 Å². The molecule has 1 rings (SSSR count). The molecule has 1 aliphatic rings. The molecule has 1 aliphatic heterocycles. The third-order valence-corrected chi connectivity index (χ3v) is 13.1. The highest BCUT2D eigenvalue weighted by molar-refractivity contribution is 5.99. The van der Waals surface area contributed by atoms with E-state index in [1.165, 1.54) is 13.8 Å². The monoisotopic (exact) mass is 1150 g/mol. The fourth-order valence-electron chi connectivity index (χ4n) is 8.62. The molecule has 0 saturated carbocycles. The van der Waals surface area contributed by atoms with Crippen LogP contribution < -0.4 is 87.2 Å². The van der Waals surface area contributed by atoms with Crippen LogP contribution in [0.1, 0.15) is 132 Å². The molecule has 6 unspecified atom stereocenters. The number of carbonyl (C=O) groups excluding carboxylic acids is 11. The Morgan fingerprint density at radius 1 is 0.494 bits per heavy atom. The van der Waals surface area contributed by atoms with Crippen LogP contribution in [0.3, 0.4) is 0 Å². The number of aliphatic hydroxyl groups excluding tert-OH is 2. The van der Waals surface area contributed by atoms with Crippen LogP contribution >= 0.6 is 0 Å². The quantitative estimate of drug-likeness (QED) is 0.0325. The molecular weight excluding hydrogens is 1060 g/mol. The average molecular weight is 1160 g/mol. The number of hydrogen-bond donors (Lipinski definition) is 18. The van der Waals surface area contributed by atoms with Crippen molar-refractivity contribution in [2.24, 2.45) is 46.4 Å². The zero-order valence-corrected chi connectivity index (χ0v) is 48.7. The van der Waals surface area contributed by atoms with Gasteiger partial charge >= 0.3 is 0 Å². The lowest BCUT2D eigenvalue weighted by Gasteiger charge is -2.29. The summed E-state index contributed by atoms with van der Waals surface area (Å²) in [4.78, 5) is 152. The molecule has 1 fully saturated rings. The highest BCUT2D eigenvalue weighted by Crippen LogP contribution is 2.13. The maximum atomic E-state index is 14.4. The number of nitrogens with two attached hydrogens (primary N) is 5. The summed E-state index contributed by atoms with van der Waals surface area (Å²) in [5, 5.41) is 49.5. The first-order chi connectivity index (χ1) is 38.1. The second kappa shape index (κ2) is 38.6. The highest BCUT2D eigenvalue weighted by atomic mass is 16.3. The predicted octanol–water partition coefficient (Wildman–Crippen LogP) is -5.83. The number of amides is 11. The lowest BCUT2D eigenvalue weighted by Crippen LogP contribution is -2.62. The number of rotatable bonds is 28. The molecule has 81 heavy (non-hydrogen) atoms. The van der Waals surface area contributed by atoms with Crippen LogP contribution in [0.2, 0.25) is 0 Å². The van der Waals surface area contributed by atoms with Crippen LogP contribution in [0.5, 0.6) is 0 Å². The summed E-state index contributed by atoms with van der Waals surface area (Å²) in [7, 11) is 0. The summed E-state index contributed by atoms with van der Waals surface area (Å²) in [5.74, 6) is -9.55. The number of hydrogen-bond acceptors (Lipinski definition) is 18. The van der Waals surface area contributed by atoms with Crippen molar-refractivity contribution in [2.45, 2.75) is 205 Å². The number of unbranched alkanes of at least 4 members (excludes halogenated alkanes) is 1. The van der Waals surface area contributed by atoms with Crippen molar-refractivity contribution in [3.63, 3.8) is 0 Å². The SMILES string of the molecule is CC(C)CCCCC(=O)NC(CCN)C(=O)N[C@@H](C(=O)NC(CCN)C(=O)NC1CCNC(=O)[C@H]([C@@H](C)O)NC(=O)C(CCN)NC(=O)C(CCN)NC(=O)[C@@H](CC(C)C)NC(=O)[C@@H](CC(C)C)NC(=O)C(CCN)NC1=O)[C@@H](C)O. The molecule has 29 nitrogen and oxygen atoms in total. The third-order valence-electron chi connectivity index (χ3n) is 13.1. The first kappa shape index (κ1) is 72.9. The van der Waals surface area contributed by atoms with Gasteiger partial charge in [0.25, 0.3) is 0 Å². The van der Waals surface area contributed by atoms with Gasteiger partial charge in [0.15, 0.2) is 0 Å². The first-order valence-corrected chi connectivity index (χ1v) is 28.3. The topological polar surface area (TPSA) is 491 Å². The van der Waals surface area contributed by atoms with Crippen molar-refractivity contribution in [1.29, 1.82) is 0 Å². The Balaban J connectivity index is 3.83. The van der Waals surface area contributed by atoms with E-state index in [9.17, 15) is 63.0 Å². The maximum Gasteiger partial charge on any atom is 0.245 e. The minimum atomic E-state index is -1.69. The fraction of sp³-hybridized carbons (Fsp3) is 0.788. The molecule has 0 aromatic carbocycles. The molecule has 1 heterocycles. The summed E-state index contributed by atoms with van der Waals surface area (Å²) in [6.07, 6.45) is -1.81. The van der Waals surface area contributed by atoms with Crippen molar-refractivity contribution in [2.75, 3.05) is 39.3 Å². The molecule has 0 bridgehead atoms. The van der Waals surface area contributed by atoms with Gasteiger partial charge in [0, 0.05) is 13.0 Å². The molecule has 23 N–H and O–H groups in total. The molecule has 12 atom stereocenters. The Kier molecular flexibility index (Phi) is 34.7. The van der Waals surface area contributed by atoms with Gasteiger partial charge in [-0.25, -0.2) is 0 Å². The summed E-state index contributed by atoms with van der Waals surface area (Å²) < 4.78 is 0. The summed E-state index contributed by atoms with van der Waals surface area (Å²) in [6.45, 7) is 12.6. The van der Waals surface area contributed by atoms with E-state index in [1.54, 1.807) is 27.7 Å². The van der Waals surface area contributed by atoms with E-state index >= 15 is 0 Å². The zero-order valence-electron chi connectivity index (χ0n) is 48.7. The van der Waals surface area contributed by atoms with Gasteiger partial charge < -0.3 is 97.4 Å². The molecule has 464 valence electrons. The second-order valence-corrected chi connectivity index (χ2v) is 21.9. The molecule has 0 aromatic heterocycles. The molecule has 0 aliphatic carbocycles. The number of aliphatic hydroxyl groups is 2. The zero-order chi connectivity index (χ0) is 61.5. The van der Waals surface area contributed by atoms with E-state index in [-0.39, 0.29) is 95.9 Å². The average Bonchev–Trinajstić information content (AvgIpc) is 3.41. The lowest BCUT2D eigenvalue weighted by atomic mass is 9.99. The molecule has 29 heteroatoms. The summed E-state index contributed by atoms with van der Waals surface area (Å²) in [5.41, 5.74) is 29.2. The standard InChI is InChI=1S/C52H98N16O13/c1-27(2)11-9-10-12-40(71)59-32(13-19-53)47(76)68-42(31(8)70)52(81)64-35(16-22-56)44(73)63-37-18-24-58-51(80)41(30(7)69)67-48(77)36(17-23-57)61-43(72)33(14-20-54)62-49(78)38(25-28(3)4)66-50(79)39(26-29(5)6)65-45(74)34(15-21-55)60-46(37)75/h27-39,41-42,69-70H,9-26,53-57H2,1-8H3,(H,58,80)(H,59,71)(H,60,75)(H,61,72)(H,62,78)(H,63,73)(H,64,81)(H,65,74)(H,66,79)(H,67,77)(H,68,76)/t30-,31-,32?,33?,34?,35?,36?,37?,38-,39-,41+,42-/m1/s1. The Morgan fingerprint density at radius 2 is 0.926 bits per heavy atom. The third kappa shape index (κ3) is 27.5. The van der Waals surface area contributed by atoms with Crippen LogP contribution in [0, 0.1) is 17.8 Å². The normalized spacial score (nSPS) is 23.2. The van der Waals surface area contributed by atoms with Crippen molar-refractivity contribution in [3.05, 3.63) is 0 Å². The minimum absolute atomic E-state index is 0.0139.